The van der Waals surface area contributed by atoms with E-state index in [4.69, 9.17) is 9.31 Å². The SMILES string of the molecule is CC1(C)OB(c2cnc3c(c2)c(-c2cccc(F)c2)cn3SI)OC1(C)C. The van der Waals surface area contributed by atoms with E-state index < -0.39 is 18.3 Å². The molecule has 0 saturated carbocycles. The largest absolute Gasteiger partial charge is 0.496 e. The summed E-state index contributed by atoms with van der Waals surface area (Å²) in [4.78, 5) is 4.64. The maximum atomic E-state index is 13.8. The second-order valence-electron chi connectivity index (χ2n) is 7.68. The molecule has 1 saturated heterocycles. The van der Waals surface area contributed by atoms with Gasteiger partial charge in [0.1, 0.15) is 5.82 Å². The van der Waals surface area contributed by atoms with Gasteiger partial charge in [0.05, 0.1) is 11.2 Å². The van der Waals surface area contributed by atoms with Gasteiger partial charge >= 0.3 is 7.12 Å². The first-order valence-corrected chi connectivity index (χ1v) is 12.0. The summed E-state index contributed by atoms with van der Waals surface area (Å²) in [7, 11) is 1.04. The van der Waals surface area contributed by atoms with E-state index in [0.29, 0.717) is 0 Å². The Bertz CT molecular complexity index is 1010. The molecule has 0 unspecified atom stereocenters. The van der Waals surface area contributed by atoms with Crippen LogP contribution in [-0.4, -0.2) is 27.3 Å². The van der Waals surface area contributed by atoms with Crippen molar-refractivity contribution in [1.82, 2.24) is 8.96 Å². The molecule has 8 heteroatoms. The Morgan fingerprint density at radius 3 is 2.48 bits per heavy atom. The summed E-state index contributed by atoms with van der Waals surface area (Å²) < 4.78 is 28.1. The highest BCUT2D eigenvalue weighted by atomic mass is 127. The van der Waals surface area contributed by atoms with Crippen molar-refractivity contribution in [3.63, 3.8) is 0 Å². The van der Waals surface area contributed by atoms with Gasteiger partial charge in [0.25, 0.3) is 0 Å². The highest BCUT2D eigenvalue weighted by Crippen LogP contribution is 2.37. The third-order valence-electron chi connectivity index (χ3n) is 5.37. The molecule has 140 valence electrons. The van der Waals surface area contributed by atoms with Crippen LogP contribution in [-0.2, 0) is 9.31 Å². The average molecular weight is 496 g/mol. The number of rotatable bonds is 3. The highest BCUT2D eigenvalue weighted by Gasteiger charge is 2.51. The molecule has 0 atom stereocenters. The Balaban J connectivity index is 1.84. The van der Waals surface area contributed by atoms with Gasteiger partial charge in [-0.25, -0.2) is 9.37 Å². The molecule has 0 N–H and O–H groups in total. The van der Waals surface area contributed by atoms with Crippen molar-refractivity contribution in [1.29, 1.82) is 0 Å². The molecule has 4 nitrogen and oxygen atoms in total. The Morgan fingerprint density at radius 1 is 1.15 bits per heavy atom. The molecule has 27 heavy (non-hydrogen) atoms. The first-order valence-electron chi connectivity index (χ1n) is 8.63. The summed E-state index contributed by atoms with van der Waals surface area (Å²) in [6.07, 6.45) is 3.78. The monoisotopic (exact) mass is 496 g/mol. The Labute approximate surface area is 174 Å². The highest BCUT2D eigenvalue weighted by molar-refractivity contribution is 14.2. The fourth-order valence-corrected chi connectivity index (χ4v) is 4.40. The van der Waals surface area contributed by atoms with Crippen LogP contribution in [0.2, 0.25) is 0 Å². The zero-order valence-corrected chi connectivity index (χ0v) is 18.5. The molecule has 2 aromatic heterocycles. The van der Waals surface area contributed by atoms with Crippen molar-refractivity contribution in [2.24, 2.45) is 0 Å². The van der Waals surface area contributed by atoms with Crippen molar-refractivity contribution in [3.05, 3.63) is 48.5 Å². The summed E-state index contributed by atoms with van der Waals surface area (Å²) in [5.74, 6) is -0.259. The van der Waals surface area contributed by atoms with E-state index in [0.717, 1.165) is 27.6 Å². The summed E-state index contributed by atoms with van der Waals surface area (Å²) in [6.45, 7) is 8.11. The van der Waals surface area contributed by atoms with Crippen molar-refractivity contribution < 1.29 is 13.7 Å². The number of benzene rings is 1. The number of fused-ring (bicyclic) bond motifs is 1. The normalized spacial score (nSPS) is 18.4. The Kier molecular flexibility index (Phi) is 4.81. The molecule has 3 aromatic rings. The number of halogens is 2. The quantitative estimate of drug-likeness (QED) is 0.379. The van der Waals surface area contributed by atoms with Crippen LogP contribution in [0.4, 0.5) is 4.39 Å². The van der Waals surface area contributed by atoms with Crippen LogP contribution in [0.15, 0.2) is 42.7 Å². The Hall–Kier alpha value is -1.10. The molecule has 1 fully saturated rings. The summed E-state index contributed by atoms with van der Waals surface area (Å²) >= 11 is 2.21. The smallest absolute Gasteiger partial charge is 0.399 e. The number of aromatic nitrogens is 2. The fourth-order valence-electron chi connectivity index (χ4n) is 3.14. The lowest BCUT2D eigenvalue weighted by atomic mass is 9.79. The van der Waals surface area contributed by atoms with Crippen LogP contribution in [0.25, 0.3) is 22.2 Å². The third kappa shape index (κ3) is 3.30. The predicted octanol–water partition coefficient (Wildman–Crippen LogP) is 4.99. The van der Waals surface area contributed by atoms with Crippen molar-refractivity contribution >= 4 is 53.9 Å². The minimum absolute atomic E-state index is 0.259. The molecule has 1 aliphatic heterocycles. The van der Waals surface area contributed by atoms with Crippen LogP contribution in [0.1, 0.15) is 27.7 Å². The predicted molar refractivity (Wildman–Crippen MR) is 118 cm³/mol. The lowest BCUT2D eigenvalue weighted by Gasteiger charge is -2.32. The molecular formula is C19H19BFIN2O2S. The van der Waals surface area contributed by atoms with Gasteiger partial charge in [-0.2, -0.15) is 0 Å². The van der Waals surface area contributed by atoms with Crippen LogP contribution in [0.5, 0.6) is 0 Å². The zero-order chi connectivity index (χ0) is 19.4. The molecule has 4 rings (SSSR count). The molecule has 0 bridgehead atoms. The summed E-state index contributed by atoms with van der Waals surface area (Å²) in [5, 5.41) is 0.942. The minimum Gasteiger partial charge on any atom is -0.399 e. The first-order chi connectivity index (χ1) is 12.7. The van der Waals surface area contributed by atoms with Gasteiger partial charge in [-0.1, -0.05) is 12.1 Å². The van der Waals surface area contributed by atoms with Crippen molar-refractivity contribution in [3.8, 4) is 11.1 Å². The van der Waals surface area contributed by atoms with Gasteiger partial charge in [-0.3, -0.25) is 3.97 Å². The zero-order valence-electron chi connectivity index (χ0n) is 15.5. The number of hydrogen-bond acceptors (Lipinski definition) is 4. The van der Waals surface area contributed by atoms with Gasteiger partial charge in [0, 0.05) is 59.1 Å². The second kappa shape index (κ2) is 6.75. The van der Waals surface area contributed by atoms with E-state index in [1.165, 1.54) is 15.2 Å². The van der Waals surface area contributed by atoms with E-state index >= 15 is 0 Å². The second-order valence-corrected chi connectivity index (χ2v) is 9.39. The van der Waals surface area contributed by atoms with E-state index in [1.54, 1.807) is 18.3 Å². The summed E-state index contributed by atoms with van der Waals surface area (Å²) in [6, 6.07) is 8.65. The van der Waals surface area contributed by atoms with E-state index in [2.05, 4.69) is 26.2 Å². The van der Waals surface area contributed by atoms with E-state index in [1.807, 2.05) is 50.0 Å². The molecule has 0 amide bonds. The van der Waals surface area contributed by atoms with E-state index in [-0.39, 0.29) is 5.82 Å². The van der Waals surface area contributed by atoms with Gasteiger partial charge < -0.3 is 9.31 Å². The van der Waals surface area contributed by atoms with Crippen LogP contribution in [0, 0.1) is 5.82 Å². The van der Waals surface area contributed by atoms with Crippen molar-refractivity contribution in [2.75, 3.05) is 0 Å². The molecule has 3 heterocycles. The maximum Gasteiger partial charge on any atom is 0.496 e. The van der Waals surface area contributed by atoms with Gasteiger partial charge in [0.2, 0.25) is 0 Å². The average Bonchev–Trinajstić information content (AvgIpc) is 3.08. The molecule has 0 radical (unpaired) electrons. The summed E-state index contributed by atoms with van der Waals surface area (Å²) in [5.41, 5.74) is 2.60. The number of pyridine rings is 1. The van der Waals surface area contributed by atoms with Gasteiger partial charge in [0.15, 0.2) is 5.65 Å². The van der Waals surface area contributed by atoms with Crippen LogP contribution >= 0.6 is 30.3 Å². The standard InChI is InChI=1S/C19H19BFIN2O2S/c1-18(2)19(3,4)26-20(25-18)13-9-15-16(12-6-5-7-14(21)8-12)11-24(27-22)17(15)23-10-13/h5-11H,1-4H3. The molecule has 1 aromatic carbocycles. The van der Waals surface area contributed by atoms with Crippen molar-refractivity contribution in [2.45, 2.75) is 38.9 Å². The fraction of sp³-hybridized carbons (Fsp3) is 0.316. The molecule has 0 aliphatic carbocycles. The molecule has 0 spiro atoms. The third-order valence-corrected chi connectivity index (χ3v) is 7.07. The van der Waals surface area contributed by atoms with E-state index in [9.17, 15) is 4.39 Å². The minimum atomic E-state index is -0.483. The molecular weight excluding hydrogens is 477 g/mol. The van der Waals surface area contributed by atoms with Crippen LogP contribution in [0.3, 0.4) is 0 Å². The first kappa shape index (κ1) is 19.2. The van der Waals surface area contributed by atoms with Gasteiger partial charge in [-0.05, 0) is 51.5 Å². The van der Waals surface area contributed by atoms with Gasteiger partial charge in [-0.15, -0.1) is 0 Å². The van der Waals surface area contributed by atoms with Crippen LogP contribution < -0.4 is 5.46 Å². The Morgan fingerprint density at radius 2 is 1.85 bits per heavy atom. The molecule has 1 aliphatic rings. The number of nitrogens with zero attached hydrogens (tertiary/aromatic N) is 2. The topological polar surface area (TPSA) is 36.3 Å². The lowest BCUT2D eigenvalue weighted by Crippen LogP contribution is -2.41. The number of hydrogen-bond donors (Lipinski definition) is 0. The maximum absolute atomic E-state index is 13.8. The lowest BCUT2D eigenvalue weighted by molar-refractivity contribution is 0.00578.